The fraction of sp³-hybridized carbons (Fsp3) is 0.535. The molecule has 1 aromatic carbocycles. The lowest BCUT2D eigenvalue weighted by molar-refractivity contribution is -0.200. The molecule has 7 N–H and O–H groups in total. The smallest absolute Gasteiger partial charge is 0.470 e. The molecule has 0 bridgehead atoms. The Morgan fingerprint density at radius 2 is 1.87 bits per heavy atom. The maximum atomic E-state index is 14.5. The zero-order chi connectivity index (χ0) is 45.6. The van der Waals surface area contributed by atoms with Crippen LogP contribution in [-0.2, 0) is 47.3 Å². The normalized spacial score (nSPS) is 31.7. The van der Waals surface area contributed by atoms with Gasteiger partial charge in [-0.1, -0.05) is 60.5 Å². The van der Waals surface area contributed by atoms with Crippen molar-refractivity contribution in [3.8, 4) is 0 Å². The molecule has 340 valence electrons. The highest BCUT2D eigenvalue weighted by Gasteiger charge is 2.76. The first-order valence-electron chi connectivity index (χ1n) is 20.7. The van der Waals surface area contributed by atoms with Crippen molar-refractivity contribution >= 4 is 76.0 Å². The summed E-state index contributed by atoms with van der Waals surface area (Å²) in [7, 11) is -5.05. The summed E-state index contributed by atoms with van der Waals surface area (Å²) in [5.41, 5.74) is -1.14. The van der Waals surface area contributed by atoms with E-state index in [1.165, 1.54) is 11.3 Å². The summed E-state index contributed by atoms with van der Waals surface area (Å²) < 4.78 is 30.1. The summed E-state index contributed by atoms with van der Waals surface area (Å²) in [5, 5.41) is 28.9. The number of hydrogen-bond acceptors (Lipinski definition) is 12. The highest BCUT2D eigenvalue weighted by atomic mass is 79.9. The number of carboxylic acids is 1. The molecule has 1 aliphatic heterocycles. The zero-order valence-corrected chi connectivity index (χ0v) is 38.1. The number of aliphatic hydroxyl groups excluding tert-OH is 1. The van der Waals surface area contributed by atoms with E-state index in [-0.39, 0.29) is 47.6 Å². The number of amides is 3. The van der Waals surface area contributed by atoms with Crippen molar-refractivity contribution in [2.45, 2.75) is 95.4 Å². The minimum absolute atomic E-state index is 0.0229. The lowest BCUT2D eigenvalue weighted by Crippen LogP contribution is -2.63. The fourth-order valence-electron chi connectivity index (χ4n) is 11.0. The number of aliphatic carboxylic acids is 1. The molecule has 17 nitrogen and oxygen atoms in total. The van der Waals surface area contributed by atoms with Gasteiger partial charge in [-0.3, -0.25) is 33.3 Å². The van der Waals surface area contributed by atoms with Gasteiger partial charge < -0.3 is 45.4 Å². The minimum atomic E-state index is -5.05. The molecule has 7 rings (SSSR count). The Kier molecular flexibility index (Phi) is 13.6. The van der Waals surface area contributed by atoms with E-state index in [0.29, 0.717) is 29.8 Å². The SMILES string of the molecule is C[C@H](c1cccc(NC(=O)[C@H](CCC(=O)O)NC(=O)CNC(=O)CBr)c1)c1ccc([C@@H]2O[C@@H]3C[C@H]4[C@@H]5CCC6=CC(=O)C=C[C@]6(C)[C@H]5[C@@H](O)C[C@]4(C)[C@]3(C(=O)COP(=O)(O)O)O2)s1. The second-order valence-corrected chi connectivity index (χ2v) is 20.4. The van der Waals surface area contributed by atoms with E-state index in [4.69, 9.17) is 14.0 Å². The highest BCUT2D eigenvalue weighted by molar-refractivity contribution is 9.09. The van der Waals surface area contributed by atoms with Gasteiger partial charge in [0.15, 0.2) is 23.5 Å². The topological polar surface area (TPSA) is 264 Å². The molecule has 2 aromatic rings. The second-order valence-electron chi connectivity index (χ2n) is 17.5. The number of rotatable bonds is 16. The summed E-state index contributed by atoms with van der Waals surface area (Å²) in [6.07, 6.45) is 3.59. The number of benzene rings is 1. The number of fused-ring (bicyclic) bond motifs is 7. The average molecular weight is 977 g/mol. The van der Waals surface area contributed by atoms with Crippen LogP contribution in [0.2, 0.25) is 0 Å². The first-order chi connectivity index (χ1) is 29.7. The summed E-state index contributed by atoms with van der Waals surface area (Å²) in [6, 6.07) is 9.53. The average Bonchev–Trinajstić information content (AvgIpc) is 3.93. The Balaban J connectivity index is 1.09. The zero-order valence-electron chi connectivity index (χ0n) is 34.8. The van der Waals surface area contributed by atoms with E-state index < -0.39 is 97.8 Å². The number of phosphoric acid groups is 1. The number of phosphoric ester groups is 1. The molecule has 2 heterocycles. The molecule has 1 aromatic heterocycles. The van der Waals surface area contributed by atoms with E-state index in [0.717, 1.165) is 16.0 Å². The Bertz CT molecular complexity index is 2300. The van der Waals surface area contributed by atoms with Crippen molar-refractivity contribution in [3.05, 3.63) is 75.5 Å². The van der Waals surface area contributed by atoms with Crippen LogP contribution >= 0.6 is 35.1 Å². The number of ether oxygens (including phenoxy) is 2. The molecule has 11 atom stereocenters. The van der Waals surface area contributed by atoms with Crippen LogP contribution in [0.5, 0.6) is 0 Å². The van der Waals surface area contributed by atoms with E-state index in [1.54, 1.807) is 30.4 Å². The fourth-order valence-corrected chi connectivity index (χ4v) is 12.5. The molecular weight excluding hydrogens is 925 g/mol. The van der Waals surface area contributed by atoms with Gasteiger partial charge in [0.2, 0.25) is 17.7 Å². The predicted octanol–water partition coefficient (Wildman–Crippen LogP) is 4.42. The number of alkyl halides is 1. The van der Waals surface area contributed by atoms with E-state index in [2.05, 4.69) is 31.9 Å². The van der Waals surface area contributed by atoms with Crippen molar-refractivity contribution in [2.24, 2.45) is 28.6 Å². The highest BCUT2D eigenvalue weighted by Crippen LogP contribution is 2.70. The summed E-state index contributed by atoms with van der Waals surface area (Å²) in [5.74, 6) is -4.42. The number of carboxylic acid groups (broad SMARTS) is 1. The third-order valence-corrected chi connectivity index (χ3v) is 16.1. The Hall–Kier alpha value is -3.91. The Morgan fingerprint density at radius 3 is 2.59 bits per heavy atom. The summed E-state index contributed by atoms with van der Waals surface area (Å²) in [6.45, 7) is 4.56. The number of halogens is 1. The number of ketones is 2. The number of allylic oxidation sites excluding steroid dienone is 4. The van der Waals surface area contributed by atoms with Crippen LogP contribution in [0.15, 0.2) is 60.2 Å². The Labute approximate surface area is 375 Å². The maximum absolute atomic E-state index is 14.5. The number of aliphatic hydroxyl groups is 1. The van der Waals surface area contributed by atoms with Crippen LogP contribution in [0.1, 0.15) is 86.8 Å². The number of carbonyl (C=O) groups excluding carboxylic acids is 5. The van der Waals surface area contributed by atoms with Gasteiger partial charge >= 0.3 is 13.8 Å². The third-order valence-electron chi connectivity index (χ3n) is 13.8. The van der Waals surface area contributed by atoms with Gasteiger partial charge in [-0.05, 0) is 85.9 Å². The molecule has 1 saturated heterocycles. The van der Waals surface area contributed by atoms with Crippen LogP contribution < -0.4 is 16.0 Å². The van der Waals surface area contributed by atoms with Crippen LogP contribution in [0.25, 0.3) is 0 Å². The van der Waals surface area contributed by atoms with E-state index >= 15 is 0 Å². The van der Waals surface area contributed by atoms with Crippen LogP contribution in [-0.4, -0.2) is 97.6 Å². The largest absolute Gasteiger partial charge is 0.481 e. The quantitative estimate of drug-likeness (QED) is 0.0908. The second kappa shape index (κ2) is 18.2. The van der Waals surface area contributed by atoms with Gasteiger partial charge in [0, 0.05) is 39.7 Å². The molecule has 3 amide bonds. The van der Waals surface area contributed by atoms with Gasteiger partial charge in [0.05, 0.1) is 29.0 Å². The molecule has 5 aliphatic rings. The number of Topliss-reactive ketones (excluding diaryl/α,β-unsaturated/α-hetero) is 1. The predicted molar refractivity (Wildman–Crippen MR) is 230 cm³/mol. The molecule has 0 spiro atoms. The molecule has 4 aliphatic carbocycles. The maximum Gasteiger partial charge on any atom is 0.470 e. The van der Waals surface area contributed by atoms with Crippen molar-refractivity contribution in [2.75, 3.05) is 23.8 Å². The van der Waals surface area contributed by atoms with Gasteiger partial charge in [0.25, 0.3) is 0 Å². The van der Waals surface area contributed by atoms with Crippen LogP contribution in [0, 0.1) is 28.6 Å². The third kappa shape index (κ3) is 9.18. The van der Waals surface area contributed by atoms with Gasteiger partial charge in [0.1, 0.15) is 12.6 Å². The lowest BCUT2D eigenvalue weighted by Gasteiger charge is -2.59. The molecule has 3 saturated carbocycles. The minimum Gasteiger partial charge on any atom is -0.481 e. The van der Waals surface area contributed by atoms with E-state index in [1.807, 2.05) is 45.0 Å². The van der Waals surface area contributed by atoms with Crippen molar-refractivity contribution in [1.82, 2.24) is 10.6 Å². The number of carbonyl (C=O) groups is 6. The van der Waals surface area contributed by atoms with Gasteiger partial charge in [-0.25, -0.2) is 4.57 Å². The van der Waals surface area contributed by atoms with Gasteiger partial charge in [-0.2, -0.15) is 0 Å². The van der Waals surface area contributed by atoms with Crippen LogP contribution in [0.3, 0.4) is 0 Å². The molecule has 0 radical (unpaired) electrons. The summed E-state index contributed by atoms with van der Waals surface area (Å²) >= 11 is 4.36. The summed E-state index contributed by atoms with van der Waals surface area (Å²) in [4.78, 5) is 96.2. The first kappa shape index (κ1) is 47.1. The molecule has 0 unspecified atom stereocenters. The number of nitrogens with one attached hydrogen (secondary N) is 3. The molecule has 20 heteroatoms. The number of hydrogen-bond donors (Lipinski definition) is 7. The number of anilines is 1. The lowest BCUT2D eigenvalue weighted by atomic mass is 9.46. The van der Waals surface area contributed by atoms with Crippen LogP contribution in [0.4, 0.5) is 5.69 Å². The standard InChI is InChI=1S/C43H51BrN3O14PS/c1-22(23-5-4-6-25(15-23)46-39(55)29(9-12-37(53)54)47-36(52)20-45-35(51)19-44)31-10-11-32(63-31)40-60-34-17-28-27-8-7-24-16-26(48)13-14-41(24,2)38(27)30(49)18-42(28,3)43(34,61-40)33(50)21-59-62(56,57)58/h4-6,10-11,13-16,22,27-30,34,38,40,49H,7-9,12,17-21H2,1-3H3,(H,45,51)(H,46,55)(H,47,52)(H,53,54)(H2,56,57,58)/t22-,27+,28+,29+,30+,34-,38-,40-,41+,42+,43-/m1/s1. The number of thiophene rings is 1. The van der Waals surface area contributed by atoms with Crippen molar-refractivity contribution in [3.63, 3.8) is 0 Å². The molecule has 63 heavy (non-hydrogen) atoms. The van der Waals surface area contributed by atoms with E-state index in [9.17, 15) is 53.3 Å². The monoisotopic (exact) mass is 975 g/mol. The first-order valence-corrected chi connectivity index (χ1v) is 24.2. The van der Waals surface area contributed by atoms with Gasteiger partial charge in [-0.15, -0.1) is 11.3 Å². The molecular formula is C43H51BrN3O14PS. The Morgan fingerprint density at radius 1 is 1.11 bits per heavy atom. The van der Waals surface area contributed by atoms with Crippen molar-refractivity contribution < 1.29 is 67.3 Å². The molecule has 4 fully saturated rings. The van der Waals surface area contributed by atoms with Crippen molar-refractivity contribution in [1.29, 1.82) is 0 Å².